The zero-order valence-corrected chi connectivity index (χ0v) is 14.9. The van der Waals surface area contributed by atoms with Gasteiger partial charge in [-0.15, -0.1) is 0 Å². The summed E-state index contributed by atoms with van der Waals surface area (Å²) >= 11 is 0. The van der Waals surface area contributed by atoms with Gasteiger partial charge in [-0.25, -0.2) is 4.39 Å². The Morgan fingerprint density at radius 3 is 2.70 bits per heavy atom. The lowest BCUT2D eigenvalue weighted by molar-refractivity contribution is 0.265. The van der Waals surface area contributed by atoms with Crippen molar-refractivity contribution in [2.24, 2.45) is 10.9 Å². The molecule has 0 spiro atoms. The zero-order chi connectivity index (χ0) is 17.0. The Morgan fingerprint density at radius 1 is 1.39 bits per heavy atom. The number of rotatable bonds is 4. The summed E-state index contributed by atoms with van der Waals surface area (Å²) in [7, 11) is 1.78. The van der Waals surface area contributed by atoms with Crippen LogP contribution in [-0.2, 0) is 6.54 Å². The van der Waals surface area contributed by atoms with Crippen LogP contribution in [0.5, 0.6) is 0 Å². The Balaban J connectivity index is 1.89. The van der Waals surface area contributed by atoms with Crippen LogP contribution < -0.4 is 10.6 Å². The summed E-state index contributed by atoms with van der Waals surface area (Å²) < 4.78 is 13.3. The van der Waals surface area contributed by atoms with E-state index in [0.717, 1.165) is 24.6 Å². The third-order valence-electron chi connectivity index (χ3n) is 4.60. The third-order valence-corrected chi connectivity index (χ3v) is 4.60. The van der Waals surface area contributed by atoms with Gasteiger partial charge in [0.05, 0.1) is 0 Å². The van der Waals surface area contributed by atoms with Crippen molar-refractivity contribution < 1.29 is 4.39 Å². The largest absolute Gasteiger partial charge is 0.352 e. The number of likely N-dealkylation sites (tertiary alicyclic amines) is 1. The second kappa shape index (κ2) is 7.77. The van der Waals surface area contributed by atoms with Crippen LogP contribution in [0.25, 0.3) is 0 Å². The predicted molar refractivity (Wildman–Crippen MR) is 94.1 cm³/mol. The number of hydrogen-bond acceptors (Lipinski definition) is 2. The van der Waals surface area contributed by atoms with Crippen LogP contribution in [0.4, 0.5) is 4.39 Å². The smallest absolute Gasteiger partial charge is 0.191 e. The highest BCUT2D eigenvalue weighted by atomic mass is 19.1. The molecule has 1 aromatic carbocycles. The first kappa shape index (κ1) is 17.7. The van der Waals surface area contributed by atoms with Gasteiger partial charge in [0.1, 0.15) is 5.82 Å². The highest BCUT2D eigenvalue weighted by molar-refractivity contribution is 5.80. The zero-order valence-electron chi connectivity index (χ0n) is 14.9. The SMILES string of the molecule is CN=C(NCc1ccc(F)c(C)c1)NC1CN(C(C)C)CC1C. The molecule has 0 aromatic heterocycles. The van der Waals surface area contributed by atoms with Crippen molar-refractivity contribution in [2.45, 2.75) is 46.3 Å². The molecule has 4 nitrogen and oxygen atoms in total. The van der Waals surface area contributed by atoms with Gasteiger partial charge < -0.3 is 10.6 Å². The van der Waals surface area contributed by atoms with Crippen molar-refractivity contribution in [3.05, 3.63) is 35.1 Å². The number of benzene rings is 1. The fourth-order valence-corrected chi connectivity index (χ4v) is 2.99. The summed E-state index contributed by atoms with van der Waals surface area (Å²) in [5.74, 6) is 1.23. The second-order valence-electron chi connectivity index (χ2n) is 6.79. The topological polar surface area (TPSA) is 39.7 Å². The summed E-state index contributed by atoms with van der Waals surface area (Å²) in [6.07, 6.45) is 0. The van der Waals surface area contributed by atoms with E-state index in [1.54, 1.807) is 20.0 Å². The van der Waals surface area contributed by atoms with Crippen LogP contribution >= 0.6 is 0 Å². The predicted octanol–water partition coefficient (Wildman–Crippen LogP) is 2.53. The van der Waals surface area contributed by atoms with E-state index in [9.17, 15) is 4.39 Å². The number of aryl methyl sites for hydroxylation is 1. The van der Waals surface area contributed by atoms with Crippen LogP contribution in [-0.4, -0.2) is 43.1 Å². The second-order valence-corrected chi connectivity index (χ2v) is 6.79. The van der Waals surface area contributed by atoms with Crippen LogP contribution in [0.2, 0.25) is 0 Å². The Kier molecular flexibility index (Phi) is 5.99. The minimum absolute atomic E-state index is 0.162. The molecule has 0 radical (unpaired) electrons. The number of nitrogens with one attached hydrogen (secondary N) is 2. The van der Waals surface area contributed by atoms with Crippen molar-refractivity contribution >= 4 is 5.96 Å². The van der Waals surface area contributed by atoms with Gasteiger partial charge in [0.25, 0.3) is 0 Å². The number of halogens is 1. The monoisotopic (exact) mass is 320 g/mol. The quantitative estimate of drug-likeness (QED) is 0.661. The van der Waals surface area contributed by atoms with E-state index >= 15 is 0 Å². The molecule has 0 aliphatic carbocycles. The Labute approximate surface area is 139 Å². The molecule has 2 rings (SSSR count). The van der Waals surface area contributed by atoms with E-state index in [1.807, 2.05) is 6.07 Å². The molecule has 2 atom stereocenters. The number of guanidine groups is 1. The molecule has 2 unspecified atom stereocenters. The molecular weight excluding hydrogens is 291 g/mol. The van der Waals surface area contributed by atoms with Gasteiger partial charge >= 0.3 is 0 Å². The Morgan fingerprint density at radius 2 is 2.13 bits per heavy atom. The lowest BCUT2D eigenvalue weighted by Crippen LogP contribution is -2.46. The summed E-state index contributed by atoms with van der Waals surface area (Å²) in [5.41, 5.74) is 1.72. The fourth-order valence-electron chi connectivity index (χ4n) is 2.99. The van der Waals surface area contributed by atoms with Gasteiger partial charge in [-0.1, -0.05) is 19.1 Å². The number of nitrogens with zero attached hydrogens (tertiary/aromatic N) is 2. The van der Waals surface area contributed by atoms with Gasteiger partial charge in [0.2, 0.25) is 0 Å². The summed E-state index contributed by atoms with van der Waals surface area (Å²) in [4.78, 5) is 6.80. The molecule has 1 saturated heterocycles. The number of hydrogen-bond donors (Lipinski definition) is 2. The van der Waals surface area contributed by atoms with Crippen LogP contribution in [0.1, 0.15) is 31.9 Å². The maximum Gasteiger partial charge on any atom is 0.191 e. The Bertz CT molecular complexity index is 556. The highest BCUT2D eigenvalue weighted by Gasteiger charge is 2.31. The fraction of sp³-hybridized carbons (Fsp3) is 0.611. The van der Waals surface area contributed by atoms with Crippen molar-refractivity contribution in [2.75, 3.05) is 20.1 Å². The molecule has 128 valence electrons. The minimum Gasteiger partial charge on any atom is -0.352 e. The highest BCUT2D eigenvalue weighted by Crippen LogP contribution is 2.18. The first-order chi connectivity index (χ1) is 10.9. The van der Waals surface area contributed by atoms with Crippen molar-refractivity contribution in [3.8, 4) is 0 Å². The van der Waals surface area contributed by atoms with E-state index in [1.165, 1.54) is 6.07 Å². The van der Waals surface area contributed by atoms with E-state index in [0.29, 0.717) is 30.1 Å². The molecule has 1 fully saturated rings. The van der Waals surface area contributed by atoms with Crippen LogP contribution in [0.15, 0.2) is 23.2 Å². The molecule has 0 amide bonds. The van der Waals surface area contributed by atoms with Crippen LogP contribution in [0.3, 0.4) is 0 Å². The Hall–Kier alpha value is -1.62. The molecular formula is C18H29FN4. The molecule has 5 heteroatoms. The lowest BCUT2D eigenvalue weighted by atomic mass is 10.1. The van der Waals surface area contributed by atoms with E-state index in [2.05, 4.69) is 41.3 Å². The van der Waals surface area contributed by atoms with E-state index < -0.39 is 0 Å². The first-order valence-corrected chi connectivity index (χ1v) is 8.37. The van der Waals surface area contributed by atoms with E-state index in [4.69, 9.17) is 0 Å². The maximum absolute atomic E-state index is 13.3. The van der Waals surface area contributed by atoms with Gasteiger partial charge in [-0.05, 0) is 43.9 Å². The molecule has 0 saturated carbocycles. The normalized spacial score (nSPS) is 22.7. The average Bonchev–Trinajstić information content (AvgIpc) is 2.88. The molecule has 1 aliphatic heterocycles. The minimum atomic E-state index is -0.162. The standard InChI is InChI=1S/C18H29FN4/c1-12(2)23-10-14(4)17(11-23)22-18(20-5)21-9-15-6-7-16(19)13(3)8-15/h6-8,12,14,17H,9-11H2,1-5H3,(H2,20,21,22). The van der Waals surface area contributed by atoms with Gasteiger partial charge in [-0.2, -0.15) is 0 Å². The van der Waals surface area contributed by atoms with Crippen LogP contribution in [0, 0.1) is 18.7 Å². The third kappa shape index (κ3) is 4.67. The van der Waals surface area contributed by atoms with Crippen molar-refractivity contribution in [3.63, 3.8) is 0 Å². The van der Waals surface area contributed by atoms with Crippen molar-refractivity contribution in [1.82, 2.24) is 15.5 Å². The van der Waals surface area contributed by atoms with E-state index in [-0.39, 0.29) is 5.82 Å². The van der Waals surface area contributed by atoms with Gasteiger partial charge in [0.15, 0.2) is 5.96 Å². The number of aliphatic imine (C=N–C) groups is 1. The molecule has 1 aromatic rings. The van der Waals surface area contributed by atoms with Crippen molar-refractivity contribution in [1.29, 1.82) is 0 Å². The summed E-state index contributed by atoms with van der Waals surface area (Å²) in [6, 6.07) is 6.16. The summed E-state index contributed by atoms with van der Waals surface area (Å²) in [5, 5.41) is 6.84. The first-order valence-electron chi connectivity index (χ1n) is 8.37. The van der Waals surface area contributed by atoms with Gasteiger partial charge in [-0.3, -0.25) is 9.89 Å². The molecule has 23 heavy (non-hydrogen) atoms. The van der Waals surface area contributed by atoms with Gasteiger partial charge in [0, 0.05) is 38.8 Å². The summed E-state index contributed by atoms with van der Waals surface area (Å²) in [6.45, 7) is 11.3. The molecule has 1 aliphatic rings. The molecule has 1 heterocycles. The lowest BCUT2D eigenvalue weighted by Gasteiger charge is -2.22. The maximum atomic E-state index is 13.3. The average molecular weight is 320 g/mol. The molecule has 2 N–H and O–H groups in total. The molecule has 0 bridgehead atoms.